The Morgan fingerprint density at radius 3 is 2.41 bits per heavy atom. The second-order valence-electron chi connectivity index (χ2n) is 12.0. The predicted molar refractivity (Wildman–Crippen MR) is 175 cm³/mol. The van der Waals surface area contributed by atoms with Crippen LogP contribution in [0.1, 0.15) is 57.1 Å². The molecular formula is C36H39N5O3. The van der Waals surface area contributed by atoms with Gasteiger partial charge in [0.05, 0.1) is 42.2 Å². The van der Waals surface area contributed by atoms with Crippen molar-refractivity contribution in [1.29, 1.82) is 0 Å². The van der Waals surface area contributed by atoms with Gasteiger partial charge in [0.2, 0.25) is 5.91 Å². The maximum Gasteiger partial charge on any atom is 0.349 e. The minimum absolute atomic E-state index is 0.0152. The molecule has 0 spiro atoms. The van der Waals surface area contributed by atoms with E-state index >= 15 is 0 Å². The van der Waals surface area contributed by atoms with E-state index in [0.717, 1.165) is 59.3 Å². The monoisotopic (exact) mass is 589 g/mol. The molecule has 1 atom stereocenters. The first-order valence-corrected chi connectivity index (χ1v) is 15.5. The number of nitrogens with zero attached hydrogens (tertiary/aromatic N) is 3. The van der Waals surface area contributed by atoms with Crippen molar-refractivity contribution in [2.75, 3.05) is 10.2 Å². The number of hydrazone groups is 1. The molecule has 1 fully saturated rings. The van der Waals surface area contributed by atoms with Crippen LogP contribution in [0.2, 0.25) is 0 Å². The number of benzene rings is 3. The molecule has 0 bridgehead atoms. The van der Waals surface area contributed by atoms with Gasteiger partial charge < -0.3 is 15.5 Å². The van der Waals surface area contributed by atoms with Gasteiger partial charge in [0, 0.05) is 22.7 Å². The molecule has 226 valence electrons. The Hall–Kier alpha value is -4.69. The van der Waals surface area contributed by atoms with Gasteiger partial charge in [0.25, 0.3) is 0 Å². The van der Waals surface area contributed by atoms with Crippen molar-refractivity contribution in [2.45, 2.75) is 58.5 Å². The van der Waals surface area contributed by atoms with Crippen LogP contribution in [0, 0.1) is 11.8 Å². The number of urea groups is 1. The van der Waals surface area contributed by atoms with Crippen molar-refractivity contribution in [3.8, 4) is 11.1 Å². The summed E-state index contributed by atoms with van der Waals surface area (Å²) >= 11 is 0. The smallest absolute Gasteiger partial charge is 0.349 e. The van der Waals surface area contributed by atoms with Crippen molar-refractivity contribution in [2.24, 2.45) is 22.7 Å². The number of nitrogens with two attached hydrogens (primary N) is 1. The number of hydrogen-bond donors (Lipinski definition) is 2. The van der Waals surface area contributed by atoms with E-state index in [1.165, 1.54) is 6.42 Å². The average Bonchev–Trinajstić information content (AvgIpc) is 3.56. The fraction of sp³-hybridized carbons (Fsp3) is 0.306. The molecule has 6 rings (SSSR count). The molecule has 1 aliphatic carbocycles. The second-order valence-corrected chi connectivity index (χ2v) is 12.0. The Bertz CT molecular complexity index is 1620. The maximum absolute atomic E-state index is 14.5. The predicted octanol–water partition coefficient (Wildman–Crippen LogP) is 7.93. The van der Waals surface area contributed by atoms with Gasteiger partial charge in [-0.2, -0.15) is 5.10 Å². The van der Waals surface area contributed by atoms with Crippen molar-refractivity contribution < 1.29 is 14.0 Å². The van der Waals surface area contributed by atoms with Gasteiger partial charge in [-0.25, -0.2) is 9.80 Å². The Balaban J connectivity index is 1.45. The van der Waals surface area contributed by atoms with Crippen molar-refractivity contribution in [3.63, 3.8) is 0 Å². The van der Waals surface area contributed by atoms with E-state index in [-0.39, 0.29) is 23.8 Å². The van der Waals surface area contributed by atoms with E-state index in [1.807, 2.05) is 86.6 Å². The topological polar surface area (TPSA) is 104 Å². The van der Waals surface area contributed by atoms with Crippen molar-refractivity contribution >= 4 is 34.7 Å². The lowest BCUT2D eigenvalue weighted by atomic mass is 9.82. The zero-order chi connectivity index (χ0) is 30.6. The van der Waals surface area contributed by atoms with Gasteiger partial charge in [0.1, 0.15) is 0 Å². The maximum atomic E-state index is 14.5. The third kappa shape index (κ3) is 6.17. The highest BCUT2D eigenvalue weighted by molar-refractivity contribution is 6.14. The summed E-state index contributed by atoms with van der Waals surface area (Å²) in [5.41, 5.74) is 13.0. The van der Waals surface area contributed by atoms with E-state index in [2.05, 4.69) is 11.4 Å². The molecule has 3 N–H and O–H groups in total. The second kappa shape index (κ2) is 12.9. The number of furan rings is 1. The molecule has 44 heavy (non-hydrogen) atoms. The number of amides is 3. The molecule has 1 aliphatic heterocycles. The van der Waals surface area contributed by atoms with Crippen LogP contribution in [0.5, 0.6) is 0 Å². The average molecular weight is 590 g/mol. The molecule has 3 amide bonds. The van der Waals surface area contributed by atoms with Crippen LogP contribution in [0.15, 0.2) is 101 Å². The highest BCUT2D eigenvalue weighted by Gasteiger charge is 2.34. The summed E-state index contributed by atoms with van der Waals surface area (Å²) in [6.07, 6.45) is 8.98. The van der Waals surface area contributed by atoms with Gasteiger partial charge in [-0.15, -0.1) is 0 Å². The summed E-state index contributed by atoms with van der Waals surface area (Å²) in [6, 6.07) is 24.6. The summed E-state index contributed by atoms with van der Waals surface area (Å²) in [5.74, 6) is 0.0209. The molecular weight excluding hydrogens is 550 g/mol. The highest BCUT2D eigenvalue weighted by Crippen LogP contribution is 2.40. The van der Waals surface area contributed by atoms with Crippen molar-refractivity contribution in [3.05, 3.63) is 103 Å². The van der Waals surface area contributed by atoms with Crippen LogP contribution in [-0.2, 0) is 11.3 Å². The van der Waals surface area contributed by atoms with Gasteiger partial charge >= 0.3 is 6.03 Å². The van der Waals surface area contributed by atoms with Crippen LogP contribution in [0.3, 0.4) is 0 Å². The molecule has 2 aliphatic rings. The lowest BCUT2D eigenvalue weighted by molar-refractivity contribution is -0.118. The third-order valence-electron chi connectivity index (χ3n) is 8.59. The van der Waals surface area contributed by atoms with E-state index in [0.29, 0.717) is 17.9 Å². The number of rotatable bonds is 8. The molecule has 1 saturated carbocycles. The molecule has 2 heterocycles. The summed E-state index contributed by atoms with van der Waals surface area (Å²) < 4.78 is 5.40. The minimum atomic E-state index is -0.611. The molecule has 8 heteroatoms. The molecule has 0 saturated heterocycles. The van der Waals surface area contributed by atoms with E-state index < -0.39 is 6.04 Å². The quantitative estimate of drug-likeness (QED) is 0.218. The molecule has 3 aromatic carbocycles. The SMILES string of the molecule is CC(C)[C@H](N)C(=O)Nc1ccc(N2C(=O)N(Cc3ccccc3)N=C(C3CCCCC3)c3cc(-c4ccoc4)ccc32)cc1. The number of anilines is 3. The number of nitrogens with one attached hydrogen (secondary N) is 1. The summed E-state index contributed by atoms with van der Waals surface area (Å²) in [7, 11) is 0. The standard InChI is InChI=1S/C36H39N5O3/c1-24(2)33(37)35(42)38-29-14-16-30(17-15-29)41-32-18-13-27(28-19-20-44-23-28)21-31(32)34(26-11-7-4-8-12-26)39-40(36(41)43)22-25-9-5-3-6-10-25/h3,5-6,9-10,13-21,23-24,26,33H,4,7-8,11-12,22,37H2,1-2H3,(H,38,42)/t33-/m0/s1. The number of hydrogen-bond acceptors (Lipinski definition) is 5. The molecule has 4 aromatic rings. The fourth-order valence-electron chi connectivity index (χ4n) is 6.00. The van der Waals surface area contributed by atoms with Crippen LogP contribution in [0.4, 0.5) is 21.9 Å². The first kappa shape index (κ1) is 29.4. The largest absolute Gasteiger partial charge is 0.472 e. The summed E-state index contributed by atoms with van der Waals surface area (Å²) in [4.78, 5) is 28.9. The number of fused-ring (bicyclic) bond motifs is 1. The van der Waals surface area contributed by atoms with E-state index in [9.17, 15) is 9.59 Å². The van der Waals surface area contributed by atoms with Gasteiger partial charge in [0.15, 0.2) is 0 Å². The lowest BCUT2D eigenvalue weighted by Crippen LogP contribution is -2.39. The third-order valence-corrected chi connectivity index (χ3v) is 8.59. The van der Waals surface area contributed by atoms with Crippen LogP contribution in [0.25, 0.3) is 11.1 Å². The van der Waals surface area contributed by atoms with Crippen LogP contribution >= 0.6 is 0 Å². The minimum Gasteiger partial charge on any atom is -0.472 e. The van der Waals surface area contributed by atoms with E-state index in [1.54, 1.807) is 22.4 Å². The zero-order valence-electron chi connectivity index (χ0n) is 25.3. The first-order valence-electron chi connectivity index (χ1n) is 15.5. The van der Waals surface area contributed by atoms with Crippen LogP contribution < -0.4 is 16.0 Å². The van der Waals surface area contributed by atoms with Gasteiger partial charge in [-0.1, -0.05) is 69.5 Å². The number of carbonyl (C=O) groups is 2. The van der Waals surface area contributed by atoms with E-state index in [4.69, 9.17) is 15.3 Å². The van der Waals surface area contributed by atoms with Gasteiger partial charge in [-0.05, 0) is 72.4 Å². The first-order chi connectivity index (χ1) is 21.4. The molecule has 1 aromatic heterocycles. The van der Waals surface area contributed by atoms with Crippen molar-refractivity contribution in [1.82, 2.24) is 5.01 Å². The highest BCUT2D eigenvalue weighted by atomic mass is 16.3. The Morgan fingerprint density at radius 1 is 0.977 bits per heavy atom. The Labute approximate surface area is 258 Å². The fourth-order valence-corrected chi connectivity index (χ4v) is 6.00. The number of carbonyl (C=O) groups excluding carboxylic acids is 2. The summed E-state index contributed by atoms with van der Waals surface area (Å²) in [5, 5.41) is 9.68. The molecule has 8 nitrogen and oxygen atoms in total. The molecule has 0 unspecified atom stereocenters. The molecule has 0 radical (unpaired) electrons. The lowest BCUT2D eigenvalue weighted by Gasteiger charge is -2.27. The normalized spacial score (nSPS) is 16.4. The van der Waals surface area contributed by atoms with Gasteiger partial charge in [-0.3, -0.25) is 9.69 Å². The zero-order valence-corrected chi connectivity index (χ0v) is 25.3. The Morgan fingerprint density at radius 2 is 1.73 bits per heavy atom. The Kier molecular flexibility index (Phi) is 8.61. The van der Waals surface area contributed by atoms with Crippen LogP contribution in [-0.4, -0.2) is 28.7 Å². The summed E-state index contributed by atoms with van der Waals surface area (Å²) in [6.45, 7) is 4.17.